The van der Waals surface area contributed by atoms with Crippen molar-refractivity contribution in [2.75, 3.05) is 6.54 Å². The van der Waals surface area contributed by atoms with Crippen LogP contribution in [0, 0.1) is 0 Å². The maximum atomic E-state index is 12.1. The molecule has 0 aliphatic rings. The lowest BCUT2D eigenvalue weighted by Crippen LogP contribution is -2.25. The van der Waals surface area contributed by atoms with Gasteiger partial charge in [0, 0.05) is 23.6 Å². The van der Waals surface area contributed by atoms with Crippen molar-refractivity contribution in [1.82, 2.24) is 15.3 Å². The maximum absolute atomic E-state index is 12.1. The summed E-state index contributed by atoms with van der Waals surface area (Å²) in [5, 5.41) is 3.99. The number of unbranched alkanes of at least 4 members (excludes halogenated alkanes) is 2. The molecule has 3 rings (SSSR count). The highest BCUT2D eigenvalue weighted by Gasteiger charge is 2.18. The lowest BCUT2D eigenvalue weighted by Gasteiger charge is -2.06. The van der Waals surface area contributed by atoms with E-state index in [-0.39, 0.29) is 11.6 Å². The van der Waals surface area contributed by atoms with E-state index in [2.05, 4.69) is 28.3 Å². The summed E-state index contributed by atoms with van der Waals surface area (Å²) in [5.74, 6) is 0.161. The zero-order valence-corrected chi connectivity index (χ0v) is 14.4. The van der Waals surface area contributed by atoms with Gasteiger partial charge in [-0.1, -0.05) is 38.0 Å². The Kier molecular flexibility index (Phi) is 5.50. The van der Waals surface area contributed by atoms with Gasteiger partial charge in [-0.2, -0.15) is 0 Å². The third-order valence-corrected chi connectivity index (χ3v) is 4.25. The molecule has 2 aromatic heterocycles. The molecule has 1 unspecified atom stereocenters. The van der Waals surface area contributed by atoms with Crippen LogP contribution in [0.15, 0.2) is 41.1 Å². The number of nitrogens with one attached hydrogen (secondary N) is 2. The molecule has 25 heavy (non-hydrogen) atoms. The van der Waals surface area contributed by atoms with E-state index in [0.29, 0.717) is 18.9 Å². The van der Waals surface area contributed by atoms with Crippen LogP contribution in [-0.4, -0.2) is 22.4 Å². The number of carbonyl (C=O) groups is 1. The number of amides is 1. The van der Waals surface area contributed by atoms with Crippen molar-refractivity contribution in [2.24, 2.45) is 5.73 Å². The van der Waals surface area contributed by atoms with Gasteiger partial charge in [0.2, 0.25) is 5.89 Å². The van der Waals surface area contributed by atoms with Gasteiger partial charge in [0.15, 0.2) is 5.69 Å². The standard InChI is InChI=1S/C19H24N4O2/c1-2-3-6-9-21-18(24)17-12-25-19(23-17)15(20)10-13-11-22-16-8-5-4-7-14(13)16/h4-5,7-8,11-12,15,22H,2-3,6,9-10,20H2,1H3,(H,21,24). The molecule has 2 heterocycles. The molecular weight excluding hydrogens is 316 g/mol. The summed E-state index contributed by atoms with van der Waals surface area (Å²) < 4.78 is 5.43. The summed E-state index contributed by atoms with van der Waals surface area (Å²) in [6.07, 6.45) is 7.09. The number of hydrogen-bond donors (Lipinski definition) is 3. The Bertz CT molecular complexity index is 837. The number of benzene rings is 1. The monoisotopic (exact) mass is 340 g/mol. The Hall–Kier alpha value is -2.60. The summed E-state index contributed by atoms with van der Waals surface area (Å²) in [5.41, 5.74) is 8.68. The lowest BCUT2D eigenvalue weighted by atomic mass is 10.1. The zero-order valence-electron chi connectivity index (χ0n) is 14.4. The Balaban J connectivity index is 1.62. The van der Waals surface area contributed by atoms with Gasteiger partial charge in [0.25, 0.3) is 5.91 Å². The van der Waals surface area contributed by atoms with Crippen molar-refractivity contribution in [1.29, 1.82) is 0 Å². The van der Waals surface area contributed by atoms with E-state index in [1.165, 1.54) is 6.26 Å². The number of fused-ring (bicyclic) bond motifs is 1. The second-order valence-electron chi connectivity index (χ2n) is 6.20. The molecule has 1 aromatic carbocycles. The maximum Gasteiger partial charge on any atom is 0.273 e. The minimum Gasteiger partial charge on any atom is -0.446 e. The van der Waals surface area contributed by atoms with Crippen LogP contribution in [-0.2, 0) is 6.42 Å². The second-order valence-corrected chi connectivity index (χ2v) is 6.20. The molecule has 0 bridgehead atoms. The van der Waals surface area contributed by atoms with E-state index >= 15 is 0 Å². The molecule has 0 fully saturated rings. The minimum absolute atomic E-state index is 0.217. The zero-order chi connectivity index (χ0) is 17.6. The highest BCUT2D eigenvalue weighted by molar-refractivity contribution is 5.91. The number of nitrogens with two attached hydrogens (primary N) is 1. The number of hydrogen-bond acceptors (Lipinski definition) is 4. The lowest BCUT2D eigenvalue weighted by molar-refractivity contribution is 0.0948. The number of para-hydroxylation sites is 1. The summed E-state index contributed by atoms with van der Waals surface area (Å²) in [6, 6.07) is 7.66. The highest BCUT2D eigenvalue weighted by atomic mass is 16.3. The number of aromatic nitrogens is 2. The molecule has 0 spiro atoms. The van der Waals surface area contributed by atoms with Gasteiger partial charge in [0.1, 0.15) is 6.26 Å². The Morgan fingerprint density at radius 3 is 3.04 bits per heavy atom. The molecule has 3 aromatic rings. The summed E-state index contributed by atoms with van der Waals surface area (Å²) in [4.78, 5) is 19.5. The van der Waals surface area contributed by atoms with Crippen LogP contribution in [0.1, 0.15) is 54.2 Å². The van der Waals surface area contributed by atoms with E-state index in [4.69, 9.17) is 10.2 Å². The average molecular weight is 340 g/mol. The molecule has 0 aliphatic heterocycles. The predicted molar refractivity (Wildman–Crippen MR) is 97.3 cm³/mol. The van der Waals surface area contributed by atoms with Crippen LogP contribution in [0.3, 0.4) is 0 Å². The molecule has 6 nitrogen and oxygen atoms in total. The number of nitrogens with zero attached hydrogens (tertiary/aromatic N) is 1. The van der Waals surface area contributed by atoms with E-state index < -0.39 is 6.04 Å². The molecule has 0 radical (unpaired) electrons. The quantitative estimate of drug-likeness (QED) is 0.548. The van der Waals surface area contributed by atoms with Crippen molar-refractivity contribution in [2.45, 2.75) is 38.6 Å². The van der Waals surface area contributed by atoms with E-state index in [9.17, 15) is 4.79 Å². The molecular formula is C19H24N4O2. The predicted octanol–water partition coefficient (Wildman–Crippen LogP) is 3.32. The number of rotatable bonds is 8. The minimum atomic E-state index is -0.402. The Morgan fingerprint density at radius 1 is 1.36 bits per heavy atom. The molecule has 4 N–H and O–H groups in total. The van der Waals surface area contributed by atoms with Crippen molar-refractivity contribution in [3.05, 3.63) is 53.9 Å². The Morgan fingerprint density at radius 2 is 2.20 bits per heavy atom. The van der Waals surface area contributed by atoms with Crippen molar-refractivity contribution in [3.63, 3.8) is 0 Å². The molecule has 1 amide bonds. The molecule has 0 aliphatic carbocycles. The van der Waals surface area contributed by atoms with Crippen LogP contribution in [0.2, 0.25) is 0 Å². The van der Waals surface area contributed by atoms with Crippen molar-refractivity contribution >= 4 is 16.8 Å². The number of aromatic amines is 1. The topological polar surface area (TPSA) is 96.9 Å². The van der Waals surface area contributed by atoms with Crippen LogP contribution >= 0.6 is 0 Å². The molecule has 1 atom stereocenters. The van der Waals surface area contributed by atoms with Gasteiger partial charge >= 0.3 is 0 Å². The van der Waals surface area contributed by atoms with Crippen LogP contribution < -0.4 is 11.1 Å². The van der Waals surface area contributed by atoms with E-state index in [1.807, 2.05) is 24.4 Å². The van der Waals surface area contributed by atoms with Crippen LogP contribution in [0.25, 0.3) is 10.9 Å². The van der Waals surface area contributed by atoms with Crippen LogP contribution in [0.5, 0.6) is 0 Å². The van der Waals surface area contributed by atoms with E-state index in [0.717, 1.165) is 35.7 Å². The number of oxazole rings is 1. The molecule has 0 saturated heterocycles. The summed E-state index contributed by atoms with van der Waals surface area (Å²) >= 11 is 0. The first-order valence-corrected chi connectivity index (χ1v) is 8.73. The molecule has 6 heteroatoms. The smallest absolute Gasteiger partial charge is 0.273 e. The fourth-order valence-corrected chi connectivity index (χ4v) is 2.85. The summed E-state index contributed by atoms with van der Waals surface area (Å²) in [6.45, 7) is 2.77. The van der Waals surface area contributed by atoms with Gasteiger partial charge in [-0.25, -0.2) is 4.98 Å². The molecule has 0 saturated carbocycles. The highest BCUT2D eigenvalue weighted by Crippen LogP contribution is 2.23. The van der Waals surface area contributed by atoms with Crippen molar-refractivity contribution in [3.8, 4) is 0 Å². The first kappa shape index (κ1) is 17.2. The van der Waals surface area contributed by atoms with Gasteiger partial charge in [-0.05, 0) is 24.5 Å². The summed E-state index contributed by atoms with van der Waals surface area (Å²) in [7, 11) is 0. The second kappa shape index (κ2) is 7.98. The van der Waals surface area contributed by atoms with Gasteiger partial charge < -0.3 is 20.5 Å². The van der Waals surface area contributed by atoms with Gasteiger partial charge in [-0.15, -0.1) is 0 Å². The normalized spacial score (nSPS) is 12.4. The largest absolute Gasteiger partial charge is 0.446 e. The molecule has 132 valence electrons. The fraction of sp³-hybridized carbons (Fsp3) is 0.368. The third-order valence-electron chi connectivity index (χ3n) is 4.25. The first-order chi connectivity index (χ1) is 12.2. The third kappa shape index (κ3) is 4.09. The fourth-order valence-electron chi connectivity index (χ4n) is 2.85. The number of carbonyl (C=O) groups excluding carboxylic acids is 1. The first-order valence-electron chi connectivity index (χ1n) is 8.73. The van der Waals surface area contributed by atoms with Crippen molar-refractivity contribution < 1.29 is 9.21 Å². The van der Waals surface area contributed by atoms with Gasteiger partial charge in [-0.3, -0.25) is 4.79 Å². The van der Waals surface area contributed by atoms with Gasteiger partial charge in [0.05, 0.1) is 6.04 Å². The number of H-pyrrole nitrogens is 1. The average Bonchev–Trinajstić information content (AvgIpc) is 3.26. The van der Waals surface area contributed by atoms with E-state index in [1.54, 1.807) is 0 Å². The van der Waals surface area contributed by atoms with Crippen LogP contribution in [0.4, 0.5) is 0 Å². The SMILES string of the molecule is CCCCCNC(=O)c1coc(C(N)Cc2c[nH]c3ccccc23)n1. The Labute approximate surface area is 146 Å².